The van der Waals surface area contributed by atoms with Gasteiger partial charge in [-0.1, -0.05) is 12.8 Å². The third-order valence-electron chi connectivity index (χ3n) is 3.56. The van der Waals surface area contributed by atoms with E-state index in [1.807, 2.05) is 0 Å². The zero-order valence-electron chi connectivity index (χ0n) is 10.6. The number of aliphatic hydroxyl groups is 1. The van der Waals surface area contributed by atoms with Gasteiger partial charge >= 0.3 is 0 Å². The van der Waals surface area contributed by atoms with E-state index in [1.165, 1.54) is 4.90 Å². The molecule has 6 heteroatoms. The van der Waals surface area contributed by atoms with E-state index in [1.54, 1.807) is 7.05 Å². The lowest BCUT2D eigenvalue weighted by Crippen LogP contribution is -2.45. The highest BCUT2D eigenvalue weighted by atomic mass is 16.3. The van der Waals surface area contributed by atoms with E-state index in [0.29, 0.717) is 25.1 Å². The quantitative estimate of drug-likeness (QED) is 0.743. The zero-order valence-corrected chi connectivity index (χ0v) is 10.6. The van der Waals surface area contributed by atoms with Gasteiger partial charge in [0.05, 0.1) is 5.60 Å². The molecule has 0 spiro atoms. The molecule has 0 saturated heterocycles. The molecule has 1 fully saturated rings. The minimum atomic E-state index is -0.747. The van der Waals surface area contributed by atoms with Gasteiger partial charge in [-0.2, -0.15) is 5.10 Å². The molecule has 0 radical (unpaired) electrons. The standard InChI is InChI=1S/C12H19N3O3/c1-15(8-12(18)6-2-3-7-12)11(17)9-4-5-10(16)14-13-9/h18H,2-8H2,1H3,(H,14,16). The van der Waals surface area contributed by atoms with Gasteiger partial charge in [0.25, 0.3) is 5.91 Å². The molecule has 1 aliphatic carbocycles. The third kappa shape index (κ3) is 2.87. The van der Waals surface area contributed by atoms with E-state index in [9.17, 15) is 14.7 Å². The Bertz CT molecular complexity index is 386. The van der Waals surface area contributed by atoms with E-state index in [4.69, 9.17) is 0 Å². The second-order valence-electron chi connectivity index (χ2n) is 5.19. The number of amides is 2. The van der Waals surface area contributed by atoms with Crippen LogP contribution in [-0.4, -0.2) is 46.7 Å². The van der Waals surface area contributed by atoms with Crippen LogP contribution in [0.1, 0.15) is 38.5 Å². The van der Waals surface area contributed by atoms with Crippen LogP contribution in [0.2, 0.25) is 0 Å². The minimum absolute atomic E-state index is 0.163. The molecule has 0 unspecified atom stereocenters. The number of likely N-dealkylation sites (N-methyl/N-ethyl adjacent to an activating group) is 1. The highest BCUT2D eigenvalue weighted by Crippen LogP contribution is 2.30. The number of rotatable bonds is 3. The Morgan fingerprint density at radius 2 is 2.11 bits per heavy atom. The maximum absolute atomic E-state index is 12.1. The summed E-state index contributed by atoms with van der Waals surface area (Å²) in [5, 5.41) is 14.0. The topological polar surface area (TPSA) is 82.0 Å². The Balaban J connectivity index is 1.94. The van der Waals surface area contributed by atoms with Crippen LogP contribution in [-0.2, 0) is 9.59 Å². The van der Waals surface area contributed by atoms with Crippen LogP contribution in [0.3, 0.4) is 0 Å². The van der Waals surface area contributed by atoms with Gasteiger partial charge in [0.2, 0.25) is 5.91 Å². The molecule has 18 heavy (non-hydrogen) atoms. The van der Waals surface area contributed by atoms with Crippen LogP contribution in [0.4, 0.5) is 0 Å². The van der Waals surface area contributed by atoms with Gasteiger partial charge < -0.3 is 10.0 Å². The van der Waals surface area contributed by atoms with Crippen molar-refractivity contribution in [2.24, 2.45) is 5.10 Å². The van der Waals surface area contributed by atoms with Crippen LogP contribution < -0.4 is 5.43 Å². The van der Waals surface area contributed by atoms with Crippen LogP contribution >= 0.6 is 0 Å². The predicted molar refractivity (Wildman–Crippen MR) is 65.9 cm³/mol. The number of nitrogens with zero attached hydrogens (tertiary/aromatic N) is 2. The van der Waals surface area contributed by atoms with Crippen LogP contribution in [0.5, 0.6) is 0 Å². The molecular formula is C12H19N3O3. The third-order valence-corrected chi connectivity index (χ3v) is 3.56. The number of carbonyl (C=O) groups excluding carboxylic acids is 2. The SMILES string of the molecule is CN(CC1(O)CCCC1)C(=O)C1=NNC(=O)CC1. The van der Waals surface area contributed by atoms with Gasteiger partial charge in [0, 0.05) is 26.4 Å². The second-order valence-corrected chi connectivity index (χ2v) is 5.19. The van der Waals surface area contributed by atoms with E-state index in [-0.39, 0.29) is 11.8 Å². The van der Waals surface area contributed by atoms with Crippen molar-refractivity contribution in [3.63, 3.8) is 0 Å². The summed E-state index contributed by atoms with van der Waals surface area (Å²) in [4.78, 5) is 24.5. The molecule has 0 aromatic heterocycles. The number of carbonyl (C=O) groups is 2. The summed E-state index contributed by atoms with van der Waals surface area (Å²) < 4.78 is 0. The molecule has 1 heterocycles. The fourth-order valence-electron chi connectivity index (χ4n) is 2.55. The van der Waals surface area contributed by atoms with Crippen molar-refractivity contribution in [2.75, 3.05) is 13.6 Å². The van der Waals surface area contributed by atoms with Crippen LogP contribution in [0.15, 0.2) is 5.10 Å². The monoisotopic (exact) mass is 253 g/mol. The first kappa shape index (κ1) is 13.0. The van der Waals surface area contributed by atoms with Gasteiger partial charge in [0.15, 0.2) is 0 Å². The molecule has 100 valence electrons. The van der Waals surface area contributed by atoms with E-state index < -0.39 is 5.60 Å². The molecule has 2 aliphatic rings. The summed E-state index contributed by atoms with van der Waals surface area (Å²) >= 11 is 0. The van der Waals surface area contributed by atoms with Crippen molar-refractivity contribution in [1.29, 1.82) is 0 Å². The Morgan fingerprint density at radius 1 is 1.44 bits per heavy atom. The largest absolute Gasteiger partial charge is 0.388 e. The highest BCUT2D eigenvalue weighted by Gasteiger charge is 2.34. The van der Waals surface area contributed by atoms with Gasteiger partial charge in [-0.15, -0.1) is 0 Å². The molecule has 1 saturated carbocycles. The lowest BCUT2D eigenvalue weighted by atomic mass is 10.0. The summed E-state index contributed by atoms with van der Waals surface area (Å²) in [5.41, 5.74) is 1.92. The maximum Gasteiger partial charge on any atom is 0.269 e. The Kier molecular flexibility index (Phi) is 3.65. The van der Waals surface area contributed by atoms with Crippen molar-refractivity contribution in [3.05, 3.63) is 0 Å². The lowest BCUT2D eigenvalue weighted by molar-refractivity contribution is -0.126. The summed E-state index contributed by atoms with van der Waals surface area (Å²) in [7, 11) is 1.66. The summed E-state index contributed by atoms with van der Waals surface area (Å²) in [6.07, 6.45) is 4.17. The van der Waals surface area contributed by atoms with Crippen molar-refractivity contribution in [1.82, 2.24) is 10.3 Å². The van der Waals surface area contributed by atoms with Crippen molar-refractivity contribution in [2.45, 2.75) is 44.1 Å². The normalized spacial score (nSPS) is 22.3. The van der Waals surface area contributed by atoms with Gasteiger partial charge in [-0.25, -0.2) is 5.43 Å². The number of nitrogens with one attached hydrogen (secondary N) is 1. The first-order valence-corrected chi connectivity index (χ1v) is 6.33. The van der Waals surface area contributed by atoms with Crippen LogP contribution in [0.25, 0.3) is 0 Å². The minimum Gasteiger partial charge on any atom is -0.388 e. The van der Waals surface area contributed by atoms with E-state index in [2.05, 4.69) is 10.5 Å². The average Bonchev–Trinajstić information content (AvgIpc) is 2.76. The predicted octanol–water partition coefficient (Wildman–Crippen LogP) is 0.0159. The summed E-state index contributed by atoms with van der Waals surface area (Å²) in [6, 6.07) is 0. The summed E-state index contributed by atoms with van der Waals surface area (Å²) in [5.74, 6) is -0.376. The number of hydrogen-bond donors (Lipinski definition) is 2. The molecule has 0 aromatic rings. The number of hydrazone groups is 1. The van der Waals surface area contributed by atoms with Gasteiger partial charge in [-0.3, -0.25) is 9.59 Å². The molecule has 6 nitrogen and oxygen atoms in total. The fraction of sp³-hybridized carbons (Fsp3) is 0.750. The van der Waals surface area contributed by atoms with Crippen molar-refractivity contribution >= 4 is 17.5 Å². The first-order valence-electron chi connectivity index (χ1n) is 6.33. The Labute approximate surface area is 106 Å². The molecule has 2 rings (SSSR count). The smallest absolute Gasteiger partial charge is 0.269 e. The molecular weight excluding hydrogens is 234 g/mol. The number of hydrogen-bond acceptors (Lipinski definition) is 4. The second kappa shape index (κ2) is 5.06. The van der Waals surface area contributed by atoms with Gasteiger partial charge in [0.1, 0.15) is 5.71 Å². The van der Waals surface area contributed by atoms with E-state index in [0.717, 1.165) is 25.7 Å². The van der Waals surface area contributed by atoms with Gasteiger partial charge in [-0.05, 0) is 12.8 Å². The first-order chi connectivity index (χ1) is 8.50. The molecule has 2 N–H and O–H groups in total. The molecule has 0 aromatic carbocycles. The fourth-order valence-corrected chi connectivity index (χ4v) is 2.55. The maximum atomic E-state index is 12.1. The zero-order chi connectivity index (χ0) is 13.2. The van der Waals surface area contributed by atoms with Crippen molar-refractivity contribution in [3.8, 4) is 0 Å². The molecule has 0 atom stereocenters. The molecule has 1 aliphatic heterocycles. The van der Waals surface area contributed by atoms with E-state index >= 15 is 0 Å². The lowest BCUT2D eigenvalue weighted by Gasteiger charge is -2.29. The Morgan fingerprint density at radius 3 is 2.67 bits per heavy atom. The molecule has 2 amide bonds. The van der Waals surface area contributed by atoms with Crippen molar-refractivity contribution < 1.29 is 14.7 Å². The molecule has 0 bridgehead atoms. The average molecular weight is 253 g/mol. The Hall–Kier alpha value is -1.43. The van der Waals surface area contributed by atoms with Crippen LogP contribution in [0, 0.1) is 0 Å². The summed E-state index contributed by atoms with van der Waals surface area (Å²) in [6.45, 7) is 0.332. The highest BCUT2D eigenvalue weighted by molar-refractivity contribution is 6.39.